The maximum Gasteiger partial charge on any atom is 0.342 e. The Bertz CT molecular complexity index is 893. The molecule has 0 aromatic heterocycles. The number of hydrogen-bond donors (Lipinski definition) is 1. The van der Waals surface area contributed by atoms with Crippen LogP contribution in [0.1, 0.15) is 17.3 Å². The fourth-order valence-corrected chi connectivity index (χ4v) is 2.45. The van der Waals surface area contributed by atoms with Gasteiger partial charge in [-0.05, 0) is 25.1 Å². The normalized spacial score (nSPS) is 10.4. The molecule has 25 heavy (non-hydrogen) atoms. The quantitative estimate of drug-likeness (QED) is 0.429. The van der Waals surface area contributed by atoms with Gasteiger partial charge in [-0.25, -0.2) is 9.78 Å². The first-order valence-corrected chi connectivity index (χ1v) is 7.67. The van der Waals surface area contributed by atoms with Crippen LogP contribution in [0.15, 0.2) is 54.6 Å². The maximum atomic E-state index is 12.4. The van der Waals surface area contributed by atoms with Crippen LogP contribution >= 0.6 is 0 Å². The molecule has 0 atom stereocenters. The fraction of sp³-hybridized carbons (Fsp3) is 0.111. The number of nitrogens with one attached hydrogen (secondary N) is 1. The molecule has 7 heteroatoms. The van der Waals surface area contributed by atoms with Gasteiger partial charge >= 0.3 is 5.97 Å². The third kappa shape index (κ3) is 3.40. The van der Waals surface area contributed by atoms with Gasteiger partial charge in [0.2, 0.25) is 0 Å². The number of rotatable bonds is 5. The van der Waals surface area contributed by atoms with Crippen LogP contribution in [0.5, 0.6) is 0 Å². The molecule has 1 aromatic rings. The molecule has 1 aliphatic carbocycles. The van der Waals surface area contributed by atoms with Gasteiger partial charge in [0.15, 0.2) is 0 Å². The summed E-state index contributed by atoms with van der Waals surface area (Å²) >= 11 is 0. The summed E-state index contributed by atoms with van der Waals surface area (Å²) in [6, 6.07) is 15.0. The van der Waals surface area contributed by atoms with E-state index in [1.54, 1.807) is 31.2 Å². The van der Waals surface area contributed by atoms with E-state index >= 15 is 0 Å². The molecule has 0 fully saturated rings. The van der Waals surface area contributed by atoms with Crippen LogP contribution in [-0.4, -0.2) is 22.5 Å². The first kappa shape index (κ1) is 16.4. The van der Waals surface area contributed by atoms with Gasteiger partial charge in [0.25, 0.3) is 5.69 Å². The van der Waals surface area contributed by atoms with Crippen LogP contribution in [0.3, 0.4) is 0 Å². The van der Waals surface area contributed by atoms with E-state index in [4.69, 9.17) is 4.74 Å². The zero-order valence-corrected chi connectivity index (χ0v) is 13.4. The summed E-state index contributed by atoms with van der Waals surface area (Å²) in [5.41, 5.74) is 2.24. The number of esters is 1. The predicted octanol–water partition coefficient (Wildman–Crippen LogP) is 4.01. The molecule has 126 valence electrons. The van der Waals surface area contributed by atoms with Crippen LogP contribution in [-0.2, 0) is 4.74 Å². The molecular weight excluding hydrogens is 322 g/mol. The minimum atomic E-state index is -0.472. The second-order valence-corrected chi connectivity index (χ2v) is 5.19. The first-order valence-electron chi connectivity index (χ1n) is 7.67. The minimum Gasteiger partial charge on any atom is -0.462 e. The average Bonchev–Trinajstić information content (AvgIpc) is 2.76. The fourth-order valence-electron chi connectivity index (χ4n) is 2.45. The van der Waals surface area contributed by atoms with Gasteiger partial charge in [-0.15, -0.1) is 0 Å². The minimum absolute atomic E-state index is 0.0104. The monoisotopic (exact) mass is 337 g/mol. The van der Waals surface area contributed by atoms with Crippen molar-refractivity contribution in [1.29, 1.82) is 0 Å². The lowest BCUT2D eigenvalue weighted by atomic mass is 10.1. The number of carbonyl (C=O) groups excluding carboxylic acids is 1. The third-order valence-corrected chi connectivity index (χ3v) is 3.57. The Labute approximate surface area is 143 Å². The number of anilines is 2. The van der Waals surface area contributed by atoms with Crippen LogP contribution < -0.4 is 5.32 Å². The smallest absolute Gasteiger partial charge is 0.342 e. The lowest BCUT2D eigenvalue weighted by Gasteiger charge is -2.07. The molecule has 0 spiro atoms. The van der Waals surface area contributed by atoms with E-state index in [9.17, 15) is 14.9 Å². The SMILES string of the molecule is CCOC(=O)c1c2cccccc-2nc1Nc1ccc([N+](=O)[O-])cc1. The number of nitro groups is 1. The number of fused-ring (bicyclic) bond motifs is 1. The first-order chi connectivity index (χ1) is 12.1. The van der Waals surface area contributed by atoms with Gasteiger partial charge in [0, 0.05) is 23.4 Å². The Morgan fingerprint density at radius 2 is 1.88 bits per heavy atom. The van der Waals surface area contributed by atoms with E-state index in [0.717, 1.165) is 0 Å². The number of nitro benzene ring substituents is 1. The third-order valence-electron chi connectivity index (χ3n) is 3.57. The highest BCUT2D eigenvalue weighted by Crippen LogP contribution is 2.33. The van der Waals surface area contributed by atoms with Gasteiger partial charge in [-0.2, -0.15) is 0 Å². The molecule has 1 aliphatic heterocycles. The largest absolute Gasteiger partial charge is 0.462 e. The zero-order valence-electron chi connectivity index (χ0n) is 13.4. The van der Waals surface area contributed by atoms with E-state index in [2.05, 4.69) is 10.3 Å². The lowest BCUT2D eigenvalue weighted by molar-refractivity contribution is -0.384. The molecule has 2 aliphatic rings. The molecule has 0 saturated carbocycles. The van der Waals surface area contributed by atoms with Gasteiger partial charge in [0.05, 0.1) is 17.2 Å². The Morgan fingerprint density at radius 3 is 2.56 bits per heavy atom. The predicted molar refractivity (Wildman–Crippen MR) is 93.2 cm³/mol. The molecule has 3 rings (SSSR count). The summed E-state index contributed by atoms with van der Waals surface area (Å²) in [6.45, 7) is 1.99. The van der Waals surface area contributed by atoms with Crippen LogP contribution in [0.25, 0.3) is 11.3 Å². The highest BCUT2D eigenvalue weighted by Gasteiger charge is 2.24. The number of aromatic nitrogens is 1. The maximum absolute atomic E-state index is 12.4. The van der Waals surface area contributed by atoms with Gasteiger partial charge in [-0.3, -0.25) is 10.1 Å². The molecule has 0 amide bonds. The van der Waals surface area contributed by atoms with Crippen molar-refractivity contribution in [3.05, 3.63) is 70.3 Å². The molecule has 1 heterocycles. The van der Waals surface area contributed by atoms with Crippen molar-refractivity contribution >= 4 is 23.2 Å². The summed E-state index contributed by atoms with van der Waals surface area (Å²) in [4.78, 5) is 27.1. The number of ether oxygens (including phenoxy) is 1. The summed E-state index contributed by atoms with van der Waals surface area (Å²) in [7, 11) is 0. The van der Waals surface area contributed by atoms with Gasteiger partial charge < -0.3 is 10.1 Å². The molecule has 0 saturated heterocycles. The van der Waals surface area contributed by atoms with Crippen molar-refractivity contribution in [2.24, 2.45) is 0 Å². The second-order valence-electron chi connectivity index (χ2n) is 5.19. The van der Waals surface area contributed by atoms with E-state index in [0.29, 0.717) is 28.3 Å². The Kier molecular flexibility index (Phi) is 4.56. The summed E-state index contributed by atoms with van der Waals surface area (Å²) < 4.78 is 5.15. The highest BCUT2D eigenvalue weighted by molar-refractivity contribution is 6.03. The van der Waals surface area contributed by atoms with E-state index < -0.39 is 10.9 Å². The molecular formula is C18H15N3O4. The van der Waals surface area contributed by atoms with Gasteiger partial charge in [0.1, 0.15) is 11.4 Å². The molecule has 1 N–H and O–H groups in total. The highest BCUT2D eigenvalue weighted by atomic mass is 16.6. The summed E-state index contributed by atoms with van der Waals surface area (Å²) in [6.07, 6.45) is 0. The topological polar surface area (TPSA) is 94.4 Å². The number of carbonyl (C=O) groups is 1. The van der Waals surface area contributed by atoms with Crippen molar-refractivity contribution in [1.82, 2.24) is 4.98 Å². The van der Waals surface area contributed by atoms with Crippen molar-refractivity contribution in [2.75, 3.05) is 11.9 Å². The Balaban J connectivity index is 2.02. The van der Waals surface area contributed by atoms with E-state index in [1.165, 1.54) is 12.1 Å². The molecule has 7 nitrogen and oxygen atoms in total. The standard InChI is InChI=1S/C18H15N3O4/c1-2-25-18(22)16-14-6-4-3-5-7-15(14)20-17(16)19-12-8-10-13(11-9-12)21(23)24/h3-11H,2H2,1H3,(H,19,20). The summed E-state index contributed by atoms with van der Waals surface area (Å²) in [5.74, 6) is -0.117. The van der Waals surface area contributed by atoms with E-state index in [1.807, 2.05) is 18.2 Å². The van der Waals surface area contributed by atoms with Crippen molar-refractivity contribution in [2.45, 2.75) is 6.92 Å². The molecule has 0 radical (unpaired) electrons. The number of benzene rings is 1. The Hall–Kier alpha value is -3.48. The summed E-state index contributed by atoms with van der Waals surface area (Å²) in [5, 5.41) is 13.8. The average molecular weight is 337 g/mol. The Morgan fingerprint density at radius 1 is 1.16 bits per heavy atom. The van der Waals surface area contributed by atoms with Crippen LogP contribution in [0, 0.1) is 10.1 Å². The van der Waals surface area contributed by atoms with Crippen LogP contribution in [0.4, 0.5) is 17.2 Å². The molecule has 1 aromatic carbocycles. The van der Waals surface area contributed by atoms with Crippen molar-refractivity contribution < 1.29 is 14.5 Å². The molecule has 0 unspecified atom stereocenters. The number of hydrogen-bond acceptors (Lipinski definition) is 6. The number of non-ortho nitro benzene ring substituents is 1. The number of nitrogens with zero attached hydrogens (tertiary/aromatic N) is 2. The van der Waals surface area contributed by atoms with Crippen molar-refractivity contribution in [3.63, 3.8) is 0 Å². The van der Waals surface area contributed by atoms with Crippen LogP contribution in [0.2, 0.25) is 0 Å². The molecule has 0 bridgehead atoms. The van der Waals surface area contributed by atoms with E-state index in [-0.39, 0.29) is 12.3 Å². The second kappa shape index (κ2) is 6.96. The lowest BCUT2D eigenvalue weighted by Crippen LogP contribution is -2.07. The van der Waals surface area contributed by atoms with Crippen molar-refractivity contribution in [3.8, 4) is 11.3 Å². The van der Waals surface area contributed by atoms with Gasteiger partial charge in [-0.1, -0.05) is 24.3 Å². The zero-order chi connectivity index (χ0) is 17.8.